The summed E-state index contributed by atoms with van der Waals surface area (Å²) in [5.74, 6) is -1.00. The fourth-order valence-electron chi connectivity index (χ4n) is 1.70. The number of carbonyl (C=O) groups is 1. The molecular weight excluding hydrogens is 318 g/mol. The lowest BCUT2D eigenvalue weighted by Crippen LogP contribution is -2.20. The van der Waals surface area contributed by atoms with Crippen molar-refractivity contribution in [1.29, 1.82) is 0 Å². The van der Waals surface area contributed by atoms with Gasteiger partial charge in [0.2, 0.25) is 0 Å². The van der Waals surface area contributed by atoms with Crippen LogP contribution in [0.4, 0.5) is 0 Å². The van der Waals surface area contributed by atoms with Gasteiger partial charge in [-0.15, -0.1) is 0 Å². The van der Waals surface area contributed by atoms with Crippen molar-refractivity contribution in [3.8, 4) is 0 Å². The number of benzene rings is 2. The lowest BCUT2D eigenvalue weighted by atomic mass is 10.1. The highest BCUT2D eigenvalue weighted by atomic mass is 32.2. The number of aliphatic carboxylic acids is 1. The number of rotatable bonds is 4. The first kappa shape index (κ1) is 18.8. The number of hydrogen-bond acceptors (Lipinski definition) is 4. The maximum absolute atomic E-state index is 10.6. The van der Waals surface area contributed by atoms with Gasteiger partial charge in [-0.25, -0.2) is 0 Å². The Balaban J connectivity index is 0.000000231. The maximum atomic E-state index is 10.6. The van der Waals surface area contributed by atoms with Crippen LogP contribution < -0.4 is 5.73 Å². The van der Waals surface area contributed by atoms with Gasteiger partial charge in [0.05, 0.1) is 4.90 Å². The molecule has 0 bridgehead atoms. The second-order valence-electron chi connectivity index (χ2n) is 4.70. The molecule has 124 valence electrons. The average molecular weight is 337 g/mol. The summed E-state index contributed by atoms with van der Waals surface area (Å²) in [6.45, 7) is 1.97. The van der Waals surface area contributed by atoms with E-state index >= 15 is 0 Å². The highest BCUT2D eigenvalue weighted by Gasteiger charge is 2.12. The van der Waals surface area contributed by atoms with E-state index in [0.29, 0.717) is 5.56 Å². The molecule has 7 heteroatoms. The van der Waals surface area contributed by atoms with E-state index in [1.54, 1.807) is 36.4 Å². The third-order valence-electron chi connectivity index (χ3n) is 3.05. The van der Waals surface area contributed by atoms with E-state index in [1.165, 1.54) is 12.1 Å². The van der Waals surface area contributed by atoms with Crippen LogP contribution in [0.2, 0.25) is 0 Å². The van der Waals surface area contributed by atoms with Gasteiger partial charge in [0, 0.05) is 0 Å². The summed E-state index contributed by atoms with van der Waals surface area (Å²) in [4.78, 5) is 10.3. The molecule has 0 radical (unpaired) electrons. The minimum Gasteiger partial charge on any atom is -0.480 e. The molecular formula is C16H19NO5S. The first-order valence-electron chi connectivity index (χ1n) is 6.85. The molecule has 2 aromatic carbocycles. The molecule has 1 atom stereocenters. The molecule has 23 heavy (non-hydrogen) atoms. The molecule has 0 aliphatic heterocycles. The van der Waals surface area contributed by atoms with E-state index in [2.05, 4.69) is 0 Å². The van der Waals surface area contributed by atoms with Crippen molar-refractivity contribution < 1.29 is 22.9 Å². The summed E-state index contributed by atoms with van der Waals surface area (Å²) in [5, 5.41) is 8.51. The molecule has 4 N–H and O–H groups in total. The van der Waals surface area contributed by atoms with Crippen molar-refractivity contribution in [3.63, 3.8) is 0 Å². The Bertz CT molecular complexity index is 727. The molecule has 6 nitrogen and oxygen atoms in total. The van der Waals surface area contributed by atoms with Gasteiger partial charge in [0.15, 0.2) is 0 Å². The highest BCUT2D eigenvalue weighted by Crippen LogP contribution is 2.10. The lowest BCUT2D eigenvalue weighted by molar-refractivity contribution is -0.138. The Labute approximate surface area is 135 Å². The third-order valence-corrected chi connectivity index (χ3v) is 3.92. The molecule has 0 aliphatic rings. The fourth-order valence-corrected chi connectivity index (χ4v) is 2.18. The van der Waals surface area contributed by atoms with Crippen LogP contribution in [0, 0.1) is 0 Å². The zero-order valence-corrected chi connectivity index (χ0v) is 13.4. The first-order chi connectivity index (χ1) is 10.8. The molecule has 0 saturated carbocycles. The number of carboxylic acids is 1. The summed E-state index contributed by atoms with van der Waals surface area (Å²) >= 11 is 0. The zero-order valence-electron chi connectivity index (χ0n) is 12.6. The van der Waals surface area contributed by atoms with E-state index in [4.69, 9.17) is 15.4 Å². The summed E-state index contributed by atoms with van der Waals surface area (Å²) < 4.78 is 29.8. The summed E-state index contributed by atoms with van der Waals surface area (Å²) in [7, 11) is -4.03. The monoisotopic (exact) mass is 337 g/mol. The van der Waals surface area contributed by atoms with Crippen molar-refractivity contribution in [2.75, 3.05) is 0 Å². The Morgan fingerprint density at radius 2 is 1.61 bits per heavy atom. The molecule has 0 spiro atoms. The smallest absolute Gasteiger partial charge is 0.325 e. The van der Waals surface area contributed by atoms with Crippen LogP contribution in [0.3, 0.4) is 0 Å². The SMILES string of the molecule is CCc1ccc(S(=O)(=O)O)cc1.N[C@H](C(=O)O)c1ccccc1. The molecule has 0 unspecified atom stereocenters. The van der Waals surface area contributed by atoms with Crippen LogP contribution in [-0.2, 0) is 21.3 Å². The normalized spacial score (nSPS) is 12.0. The maximum Gasteiger partial charge on any atom is 0.325 e. The van der Waals surface area contributed by atoms with Crippen molar-refractivity contribution in [2.24, 2.45) is 5.73 Å². The molecule has 0 saturated heterocycles. The standard InChI is InChI=1S/C8H9NO2.C8H10O3S/c9-7(8(10)11)6-4-2-1-3-5-6;1-2-7-3-5-8(6-4-7)12(9,10)11/h1-5,7H,9H2,(H,10,11);3-6H,2H2,1H3,(H,9,10,11)/t7-;/m0./s1. The van der Waals surface area contributed by atoms with Gasteiger partial charge in [-0.05, 0) is 29.7 Å². The van der Waals surface area contributed by atoms with Gasteiger partial charge in [-0.2, -0.15) is 8.42 Å². The predicted molar refractivity (Wildman–Crippen MR) is 86.6 cm³/mol. The quantitative estimate of drug-likeness (QED) is 0.737. The summed E-state index contributed by atoms with van der Waals surface area (Å²) in [6, 6.07) is 14.0. The topological polar surface area (TPSA) is 118 Å². The van der Waals surface area contributed by atoms with Crippen molar-refractivity contribution in [1.82, 2.24) is 0 Å². The Hall–Kier alpha value is -2.22. The molecule has 0 amide bonds. The van der Waals surface area contributed by atoms with E-state index < -0.39 is 22.1 Å². The molecule has 0 aliphatic carbocycles. The van der Waals surface area contributed by atoms with E-state index in [0.717, 1.165) is 12.0 Å². The number of carboxylic acid groups (broad SMARTS) is 1. The van der Waals surface area contributed by atoms with E-state index in [-0.39, 0.29) is 4.90 Å². The molecule has 0 fully saturated rings. The van der Waals surface area contributed by atoms with Crippen LogP contribution in [0.25, 0.3) is 0 Å². The van der Waals surface area contributed by atoms with Gasteiger partial charge in [0.1, 0.15) is 6.04 Å². The highest BCUT2D eigenvalue weighted by molar-refractivity contribution is 7.85. The van der Waals surface area contributed by atoms with Crippen LogP contribution in [0.1, 0.15) is 24.1 Å². The van der Waals surface area contributed by atoms with E-state index in [1.807, 2.05) is 13.0 Å². The second-order valence-corrected chi connectivity index (χ2v) is 6.12. The summed E-state index contributed by atoms with van der Waals surface area (Å²) in [6.07, 6.45) is 0.853. The zero-order chi connectivity index (χ0) is 17.5. The van der Waals surface area contributed by atoms with E-state index in [9.17, 15) is 13.2 Å². The predicted octanol–water partition coefficient (Wildman–Crippen LogP) is 2.27. The number of nitrogens with two attached hydrogens (primary N) is 1. The van der Waals surface area contributed by atoms with Gasteiger partial charge in [0.25, 0.3) is 10.1 Å². The van der Waals surface area contributed by atoms with Crippen molar-refractivity contribution >= 4 is 16.1 Å². The third kappa shape index (κ3) is 6.19. The molecule has 2 aromatic rings. The van der Waals surface area contributed by atoms with Gasteiger partial charge >= 0.3 is 5.97 Å². The Morgan fingerprint density at radius 1 is 1.09 bits per heavy atom. The van der Waals surface area contributed by atoms with Gasteiger partial charge in [-0.3, -0.25) is 9.35 Å². The van der Waals surface area contributed by atoms with Crippen molar-refractivity contribution in [2.45, 2.75) is 24.3 Å². The largest absolute Gasteiger partial charge is 0.480 e. The Morgan fingerprint density at radius 3 is 2.00 bits per heavy atom. The van der Waals surface area contributed by atoms with Gasteiger partial charge in [-0.1, -0.05) is 49.4 Å². The Kier molecular flexibility index (Phi) is 6.89. The average Bonchev–Trinajstić information content (AvgIpc) is 2.54. The number of hydrogen-bond donors (Lipinski definition) is 3. The minimum atomic E-state index is -4.03. The first-order valence-corrected chi connectivity index (χ1v) is 8.29. The van der Waals surface area contributed by atoms with Crippen LogP contribution >= 0.6 is 0 Å². The molecule has 0 heterocycles. The molecule has 0 aromatic heterocycles. The van der Waals surface area contributed by atoms with Crippen LogP contribution in [0.15, 0.2) is 59.5 Å². The van der Waals surface area contributed by atoms with Gasteiger partial charge < -0.3 is 10.8 Å². The summed E-state index contributed by atoms with van der Waals surface area (Å²) in [5.41, 5.74) is 7.01. The van der Waals surface area contributed by atoms with Crippen LogP contribution in [0.5, 0.6) is 0 Å². The van der Waals surface area contributed by atoms with Crippen molar-refractivity contribution in [3.05, 3.63) is 65.7 Å². The second kappa shape index (κ2) is 8.42. The lowest BCUT2D eigenvalue weighted by Gasteiger charge is -2.04. The number of aryl methyl sites for hydroxylation is 1. The molecule has 2 rings (SSSR count). The fraction of sp³-hybridized carbons (Fsp3) is 0.188. The minimum absolute atomic E-state index is 0.0558. The van der Waals surface area contributed by atoms with Crippen LogP contribution in [-0.4, -0.2) is 24.0 Å².